The lowest BCUT2D eigenvalue weighted by atomic mass is 10.1. The normalized spacial score (nSPS) is 11.1. The van der Waals surface area contributed by atoms with Crippen LogP contribution in [0.3, 0.4) is 0 Å². The highest BCUT2D eigenvalue weighted by Crippen LogP contribution is 2.20. The SMILES string of the molecule is CCCCNC(=O)c1cc2c(=O)c3cc(C)ccc3oc2nc1C. The van der Waals surface area contributed by atoms with E-state index in [0.717, 1.165) is 18.4 Å². The fourth-order valence-electron chi connectivity index (χ4n) is 2.69. The van der Waals surface area contributed by atoms with Gasteiger partial charge in [-0.1, -0.05) is 25.0 Å². The lowest BCUT2D eigenvalue weighted by Gasteiger charge is -2.08. The first-order valence-electron chi connectivity index (χ1n) is 8.14. The van der Waals surface area contributed by atoms with Crippen molar-refractivity contribution in [3.8, 4) is 0 Å². The first-order chi connectivity index (χ1) is 11.5. The molecule has 5 nitrogen and oxygen atoms in total. The molecule has 0 spiro atoms. The maximum atomic E-state index is 12.8. The van der Waals surface area contributed by atoms with Crippen LogP contribution in [0.15, 0.2) is 33.5 Å². The number of hydrogen-bond acceptors (Lipinski definition) is 4. The molecular formula is C19H20N2O3. The van der Waals surface area contributed by atoms with Crippen molar-refractivity contribution in [3.63, 3.8) is 0 Å². The Kier molecular flexibility index (Phi) is 4.34. The molecular weight excluding hydrogens is 304 g/mol. The van der Waals surface area contributed by atoms with Gasteiger partial charge in [0, 0.05) is 6.54 Å². The molecule has 0 saturated heterocycles. The van der Waals surface area contributed by atoms with Gasteiger partial charge in [0.05, 0.1) is 22.0 Å². The van der Waals surface area contributed by atoms with Gasteiger partial charge in [-0.15, -0.1) is 0 Å². The Labute approximate surface area is 139 Å². The third-order valence-electron chi connectivity index (χ3n) is 4.07. The molecule has 0 unspecified atom stereocenters. The molecule has 1 amide bonds. The van der Waals surface area contributed by atoms with Gasteiger partial charge in [-0.2, -0.15) is 0 Å². The topological polar surface area (TPSA) is 72.2 Å². The first-order valence-corrected chi connectivity index (χ1v) is 8.14. The maximum Gasteiger partial charge on any atom is 0.253 e. The minimum Gasteiger partial charge on any atom is -0.437 e. The van der Waals surface area contributed by atoms with Gasteiger partial charge >= 0.3 is 0 Å². The van der Waals surface area contributed by atoms with E-state index in [-0.39, 0.29) is 17.0 Å². The van der Waals surface area contributed by atoms with Crippen LogP contribution >= 0.6 is 0 Å². The highest BCUT2D eigenvalue weighted by molar-refractivity contribution is 5.99. The number of carbonyl (C=O) groups is 1. The molecule has 2 heterocycles. The predicted octanol–water partition coefficient (Wildman–Crippen LogP) is 3.49. The largest absolute Gasteiger partial charge is 0.437 e. The van der Waals surface area contributed by atoms with Crippen LogP contribution in [0.5, 0.6) is 0 Å². The van der Waals surface area contributed by atoms with Crippen LogP contribution in [0.1, 0.15) is 41.4 Å². The lowest BCUT2D eigenvalue weighted by molar-refractivity contribution is 0.0952. The molecule has 3 aromatic rings. The summed E-state index contributed by atoms with van der Waals surface area (Å²) in [6.45, 7) is 6.34. The van der Waals surface area contributed by atoms with E-state index in [9.17, 15) is 9.59 Å². The minimum absolute atomic E-state index is 0.162. The second-order valence-electron chi connectivity index (χ2n) is 6.01. The predicted molar refractivity (Wildman–Crippen MR) is 94.5 cm³/mol. The molecule has 0 atom stereocenters. The number of aromatic nitrogens is 1. The second-order valence-corrected chi connectivity index (χ2v) is 6.01. The average Bonchev–Trinajstić information content (AvgIpc) is 2.55. The molecule has 0 radical (unpaired) electrons. The van der Waals surface area contributed by atoms with Crippen molar-refractivity contribution >= 4 is 28.0 Å². The average molecular weight is 324 g/mol. The van der Waals surface area contributed by atoms with Gasteiger partial charge in [-0.05, 0) is 38.5 Å². The van der Waals surface area contributed by atoms with Gasteiger partial charge in [0.15, 0.2) is 0 Å². The van der Waals surface area contributed by atoms with Crippen molar-refractivity contribution in [2.45, 2.75) is 33.6 Å². The van der Waals surface area contributed by atoms with Crippen molar-refractivity contribution in [1.82, 2.24) is 10.3 Å². The summed E-state index contributed by atoms with van der Waals surface area (Å²) in [5.74, 6) is -0.209. The molecule has 1 aromatic carbocycles. The van der Waals surface area contributed by atoms with Gasteiger partial charge < -0.3 is 9.73 Å². The van der Waals surface area contributed by atoms with E-state index in [1.165, 1.54) is 0 Å². The Hall–Kier alpha value is -2.69. The number of amides is 1. The number of unbranched alkanes of at least 4 members (excludes halogenated alkanes) is 1. The molecule has 5 heteroatoms. The van der Waals surface area contributed by atoms with Gasteiger partial charge in [0.25, 0.3) is 5.91 Å². The highest BCUT2D eigenvalue weighted by Gasteiger charge is 2.15. The van der Waals surface area contributed by atoms with Crippen molar-refractivity contribution in [3.05, 3.63) is 51.3 Å². The Morgan fingerprint density at radius 3 is 2.75 bits per heavy atom. The number of fused-ring (bicyclic) bond motifs is 2. The smallest absolute Gasteiger partial charge is 0.253 e. The maximum absolute atomic E-state index is 12.8. The van der Waals surface area contributed by atoms with Crippen LogP contribution in [-0.2, 0) is 0 Å². The van der Waals surface area contributed by atoms with Crippen LogP contribution in [0, 0.1) is 13.8 Å². The summed E-state index contributed by atoms with van der Waals surface area (Å²) in [6.07, 6.45) is 1.92. The van der Waals surface area contributed by atoms with Crippen molar-refractivity contribution in [2.75, 3.05) is 6.54 Å². The summed E-state index contributed by atoms with van der Waals surface area (Å²) in [7, 11) is 0. The van der Waals surface area contributed by atoms with Gasteiger partial charge in [0.1, 0.15) is 5.58 Å². The summed E-state index contributed by atoms with van der Waals surface area (Å²) in [4.78, 5) is 29.4. The summed E-state index contributed by atoms with van der Waals surface area (Å²) in [5.41, 5.74) is 2.55. The van der Waals surface area contributed by atoms with E-state index in [2.05, 4.69) is 17.2 Å². The van der Waals surface area contributed by atoms with Gasteiger partial charge in [0.2, 0.25) is 11.1 Å². The minimum atomic E-state index is -0.209. The van der Waals surface area contributed by atoms with Gasteiger partial charge in [-0.25, -0.2) is 4.98 Å². The fourth-order valence-corrected chi connectivity index (χ4v) is 2.69. The Bertz CT molecular complexity index is 989. The summed E-state index contributed by atoms with van der Waals surface area (Å²) in [5, 5.41) is 3.70. The van der Waals surface area contributed by atoms with Crippen LogP contribution in [0.2, 0.25) is 0 Å². The molecule has 0 aliphatic rings. The Balaban J connectivity index is 2.15. The zero-order valence-electron chi connectivity index (χ0n) is 14.1. The van der Waals surface area contributed by atoms with Crippen LogP contribution in [-0.4, -0.2) is 17.4 Å². The number of benzene rings is 1. The fraction of sp³-hybridized carbons (Fsp3) is 0.316. The molecule has 124 valence electrons. The van der Waals surface area contributed by atoms with E-state index >= 15 is 0 Å². The van der Waals surface area contributed by atoms with E-state index in [4.69, 9.17) is 4.42 Å². The number of nitrogens with one attached hydrogen (secondary N) is 1. The molecule has 0 saturated carbocycles. The summed E-state index contributed by atoms with van der Waals surface area (Å²) < 4.78 is 5.75. The molecule has 0 aliphatic carbocycles. The first kappa shape index (κ1) is 16.2. The van der Waals surface area contributed by atoms with Crippen molar-refractivity contribution in [1.29, 1.82) is 0 Å². The van der Waals surface area contributed by atoms with Crippen LogP contribution < -0.4 is 10.7 Å². The monoisotopic (exact) mass is 324 g/mol. The molecule has 24 heavy (non-hydrogen) atoms. The lowest BCUT2D eigenvalue weighted by Crippen LogP contribution is -2.25. The van der Waals surface area contributed by atoms with E-state index in [1.54, 1.807) is 25.1 Å². The molecule has 1 N–H and O–H groups in total. The third-order valence-corrected chi connectivity index (χ3v) is 4.07. The van der Waals surface area contributed by atoms with Crippen molar-refractivity contribution < 1.29 is 9.21 Å². The number of hydrogen-bond donors (Lipinski definition) is 1. The molecule has 2 aromatic heterocycles. The summed E-state index contributed by atoms with van der Waals surface area (Å²) >= 11 is 0. The van der Waals surface area contributed by atoms with E-state index in [0.29, 0.717) is 34.2 Å². The van der Waals surface area contributed by atoms with Gasteiger partial charge in [-0.3, -0.25) is 9.59 Å². The number of rotatable bonds is 4. The number of aryl methyl sites for hydroxylation is 2. The van der Waals surface area contributed by atoms with Crippen molar-refractivity contribution in [2.24, 2.45) is 0 Å². The Morgan fingerprint density at radius 2 is 2.00 bits per heavy atom. The highest BCUT2D eigenvalue weighted by atomic mass is 16.3. The third kappa shape index (κ3) is 2.89. The molecule has 3 rings (SSSR count). The molecule has 0 fully saturated rings. The zero-order chi connectivity index (χ0) is 17.3. The van der Waals surface area contributed by atoms with Crippen LogP contribution in [0.25, 0.3) is 22.1 Å². The summed E-state index contributed by atoms with van der Waals surface area (Å²) in [6, 6.07) is 7.04. The molecule has 0 aliphatic heterocycles. The number of nitrogens with zero attached hydrogens (tertiary/aromatic N) is 1. The number of pyridine rings is 1. The quantitative estimate of drug-likeness (QED) is 0.589. The van der Waals surface area contributed by atoms with E-state index in [1.807, 2.05) is 13.0 Å². The van der Waals surface area contributed by atoms with E-state index < -0.39 is 0 Å². The van der Waals surface area contributed by atoms with Crippen LogP contribution in [0.4, 0.5) is 0 Å². The Morgan fingerprint density at radius 1 is 1.21 bits per heavy atom. The standard InChI is InChI=1S/C19H20N2O3/c1-4-5-8-20-18(23)13-10-15-17(22)14-9-11(2)6-7-16(14)24-19(15)21-12(13)3/h6-7,9-10H,4-5,8H2,1-3H3,(H,20,23). The number of carbonyl (C=O) groups excluding carboxylic acids is 1. The second kappa shape index (κ2) is 6.43. The molecule has 0 bridgehead atoms. The zero-order valence-corrected chi connectivity index (χ0v) is 14.1.